The Labute approximate surface area is 156 Å². The van der Waals surface area contributed by atoms with Crippen molar-refractivity contribution in [2.75, 3.05) is 13.1 Å². The molecule has 0 saturated carbocycles. The molecule has 0 aliphatic rings. The number of carboxylic acid groups (broad SMARTS) is 1. The quantitative estimate of drug-likeness (QED) is 0.312. The van der Waals surface area contributed by atoms with Crippen molar-refractivity contribution >= 4 is 17.9 Å². The van der Waals surface area contributed by atoms with Gasteiger partial charge in [0, 0.05) is 6.54 Å². The van der Waals surface area contributed by atoms with E-state index >= 15 is 0 Å². The molecule has 0 fully saturated rings. The summed E-state index contributed by atoms with van der Waals surface area (Å²) in [6.45, 7) is 9.08. The molecule has 0 aromatic heterocycles. The van der Waals surface area contributed by atoms with Crippen LogP contribution >= 0.6 is 0 Å². The van der Waals surface area contributed by atoms with E-state index in [9.17, 15) is 19.5 Å². The molecule has 152 valence electrons. The summed E-state index contributed by atoms with van der Waals surface area (Å²) in [6, 6.07) is -2.33. The number of unbranched alkanes of at least 4 members (excludes halogenated alkanes) is 1. The summed E-state index contributed by atoms with van der Waals surface area (Å²) < 4.78 is 0. The second-order valence-corrected chi connectivity index (χ2v) is 7.45. The Morgan fingerprint density at radius 3 is 2.04 bits per heavy atom. The summed E-state index contributed by atoms with van der Waals surface area (Å²) in [7, 11) is 0. The molecule has 6 N–H and O–H groups in total. The highest BCUT2D eigenvalue weighted by Crippen LogP contribution is 2.06. The Balaban J connectivity index is 4.68. The number of aliphatic carboxylic acids is 1. The van der Waals surface area contributed by atoms with Crippen LogP contribution in [-0.4, -0.2) is 48.2 Å². The van der Waals surface area contributed by atoms with Crippen molar-refractivity contribution in [3.8, 4) is 0 Å². The zero-order valence-corrected chi connectivity index (χ0v) is 16.5. The lowest BCUT2D eigenvalue weighted by atomic mass is 10.0. The third-order valence-electron chi connectivity index (χ3n) is 3.90. The summed E-state index contributed by atoms with van der Waals surface area (Å²) in [4.78, 5) is 35.8. The second-order valence-electron chi connectivity index (χ2n) is 7.45. The van der Waals surface area contributed by atoms with Crippen LogP contribution in [0.3, 0.4) is 0 Å². The predicted octanol–water partition coefficient (Wildman–Crippen LogP) is 1.44. The van der Waals surface area contributed by atoms with Crippen molar-refractivity contribution < 1.29 is 19.5 Å². The molecule has 8 nitrogen and oxygen atoms in total. The fourth-order valence-electron chi connectivity index (χ4n) is 2.42. The van der Waals surface area contributed by atoms with Crippen LogP contribution in [0.25, 0.3) is 0 Å². The number of amides is 3. The molecule has 2 atom stereocenters. The van der Waals surface area contributed by atoms with E-state index in [1.54, 1.807) is 0 Å². The zero-order valence-electron chi connectivity index (χ0n) is 16.5. The zero-order chi connectivity index (χ0) is 20.1. The van der Waals surface area contributed by atoms with Crippen molar-refractivity contribution in [3.63, 3.8) is 0 Å². The highest BCUT2D eigenvalue weighted by atomic mass is 16.4. The molecule has 8 heteroatoms. The van der Waals surface area contributed by atoms with Crippen LogP contribution in [0.1, 0.15) is 59.8 Å². The maximum Gasteiger partial charge on any atom is 0.326 e. The van der Waals surface area contributed by atoms with Gasteiger partial charge in [0.05, 0.1) is 0 Å². The third-order valence-corrected chi connectivity index (χ3v) is 3.90. The first-order valence-corrected chi connectivity index (χ1v) is 9.44. The molecule has 0 aliphatic carbocycles. The summed E-state index contributed by atoms with van der Waals surface area (Å²) in [6.07, 6.45) is 2.94. The van der Waals surface area contributed by atoms with Crippen LogP contribution in [0.15, 0.2) is 0 Å². The van der Waals surface area contributed by atoms with Gasteiger partial charge in [-0.25, -0.2) is 9.59 Å². The van der Waals surface area contributed by atoms with Gasteiger partial charge in [0.25, 0.3) is 0 Å². The SMILES string of the molecule is CC(C)CCNC(=O)[C@@H](CC(C)C)NC(=O)NC(CCCCN)C(=O)O. The van der Waals surface area contributed by atoms with E-state index in [-0.39, 0.29) is 11.8 Å². The highest BCUT2D eigenvalue weighted by Gasteiger charge is 2.25. The molecule has 0 spiro atoms. The van der Waals surface area contributed by atoms with Gasteiger partial charge < -0.3 is 26.8 Å². The maximum absolute atomic E-state index is 12.3. The van der Waals surface area contributed by atoms with Gasteiger partial charge in [-0.3, -0.25) is 4.79 Å². The summed E-state index contributed by atoms with van der Waals surface area (Å²) in [5.74, 6) is -0.667. The van der Waals surface area contributed by atoms with Crippen molar-refractivity contribution in [3.05, 3.63) is 0 Å². The van der Waals surface area contributed by atoms with E-state index in [2.05, 4.69) is 29.8 Å². The first kappa shape index (κ1) is 24.2. The van der Waals surface area contributed by atoms with E-state index in [1.807, 2.05) is 13.8 Å². The topological polar surface area (TPSA) is 134 Å². The Morgan fingerprint density at radius 1 is 0.923 bits per heavy atom. The Morgan fingerprint density at radius 2 is 1.54 bits per heavy atom. The van der Waals surface area contributed by atoms with Crippen molar-refractivity contribution in [1.82, 2.24) is 16.0 Å². The van der Waals surface area contributed by atoms with E-state index in [0.29, 0.717) is 44.7 Å². The molecule has 0 heterocycles. The summed E-state index contributed by atoms with van der Waals surface area (Å²) in [5, 5.41) is 17.1. The number of nitrogens with two attached hydrogens (primary N) is 1. The molecule has 1 unspecified atom stereocenters. The molecular weight excluding hydrogens is 336 g/mol. The lowest BCUT2D eigenvalue weighted by molar-refractivity contribution is -0.139. The molecule has 26 heavy (non-hydrogen) atoms. The summed E-state index contributed by atoms with van der Waals surface area (Å²) in [5.41, 5.74) is 5.40. The molecule has 0 aromatic rings. The monoisotopic (exact) mass is 372 g/mol. The average Bonchev–Trinajstić information content (AvgIpc) is 2.52. The van der Waals surface area contributed by atoms with Crippen molar-refractivity contribution in [2.45, 2.75) is 71.9 Å². The molecular formula is C18H36N4O4. The van der Waals surface area contributed by atoms with Crippen LogP contribution in [0.2, 0.25) is 0 Å². The van der Waals surface area contributed by atoms with Crippen LogP contribution in [0.4, 0.5) is 4.79 Å². The van der Waals surface area contributed by atoms with Crippen LogP contribution in [0.5, 0.6) is 0 Å². The van der Waals surface area contributed by atoms with Gasteiger partial charge >= 0.3 is 12.0 Å². The van der Waals surface area contributed by atoms with Gasteiger partial charge in [-0.15, -0.1) is 0 Å². The standard InChI is InChI=1S/C18H36N4O4/c1-12(2)8-10-20-16(23)15(11-13(3)4)22-18(26)21-14(17(24)25)7-5-6-9-19/h12-15H,5-11,19H2,1-4H3,(H,20,23)(H,24,25)(H2,21,22,26)/t14?,15-/m1/s1. The molecule has 0 aliphatic heterocycles. The molecule has 0 aromatic carbocycles. The van der Waals surface area contributed by atoms with Crippen LogP contribution in [-0.2, 0) is 9.59 Å². The number of urea groups is 1. The van der Waals surface area contributed by atoms with Gasteiger partial charge in [0.1, 0.15) is 12.1 Å². The Hall–Kier alpha value is -1.83. The van der Waals surface area contributed by atoms with E-state index < -0.39 is 24.1 Å². The average molecular weight is 373 g/mol. The fourth-order valence-corrected chi connectivity index (χ4v) is 2.42. The largest absolute Gasteiger partial charge is 0.480 e. The highest BCUT2D eigenvalue weighted by molar-refractivity contribution is 5.88. The van der Waals surface area contributed by atoms with Gasteiger partial charge in [-0.2, -0.15) is 0 Å². The number of rotatable bonds is 13. The second kappa shape index (κ2) is 13.4. The number of carbonyl (C=O) groups is 3. The molecule has 0 radical (unpaired) electrons. The van der Waals surface area contributed by atoms with Gasteiger partial charge in [-0.05, 0) is 50.5 Å². The minimum Gasteiger partial charge on any atom is -0.480 e. The smallest absolute Gasteiger partial charge is 0.326 e. The number of nitrogens with one attached hydrogen (secondary N) is 3. The van der Waals surface area contributed by atoms with Gasteiger partial charge in [0.15, 0.2) is 0 Å². The first-order valence-electron chi connectivity index (χ1n) is 9.44. The Kier molecular flexibility index (Phi) is 12.4. The fraction of sp³-hybridized carbons (Fsp3) is 0.833. The minimum atomic E-state index is -1.10. The number of carboxylic acids is 1. The molecule has 0 rings (SSSR count). The van der Waals surface area contributed by atoms with Crippen LogP contribution in [0, 0.1) is 11.8 Å². The number of hydrogen-bond acceptors (Lipinski definition) is 4. The van der Waals surface area contributed by atoms with E-state index in [1.165, 1.54) is 0 Å². The normalized spacial score (nSPS) is 13.3. The van der Waals surface area contributed by atoms with E-state index in [0.717, 1.165) is 6.42 Å². The third kappa shape index (κ3) is 11.7. The van der Waals surface area contributed by atoms with Crippen molar-refractivity contribution in [2.24, 2.45) is 17.6 Å². The van der Waals surface area contributed by atoms with Gasteiger partial charge in [0.2, 0.25) is 5.91 Å². The van der Waals surface area contributed by atoms with Crippen molar-refractivity contribution in [1.29, 1.82) is 0 Å². The minimum absolute atomic E-state index is 0.205. The summed E-state index contributed by atoms with van der Waals surface area (Å²) >= 11 is 0. The van der Waals surface area contributed by atoms with E-state index in [4.69, 9.17) is 5.73 Å². The first-order chi connectivity index (χ1) is 12.2. The number of carbonyl (C=O) groups excluding carboxylic acids is 2. The molecule has 3 amide bonds. The number of hydrogen-bond donors (Lipinski definition) is 5. The maximum atomic E-state index is 12.3. The van der Waals surface area contributed by atoms with Gasteiger partial charge in [-0.1, -0.05) is 27.7 Å². The van der Waals surface area contributed by atoms with Crippen LogP contribution < -0.4 is 21.7 Å². The predicted molar refractivity (Wildman–Crippen MR) is 102 cm³/mol. The molecule has 0 saturated heterocycles. The lowest BCUT2D eigenvalue weighted by Crippen LogP contribution is -2.53. The molecule has 0 bridgehead atoms. The lowest BCUT2D eigenvalue weighted by Gasteiger charge is -2.22. The Bertz CT molecular complexity index is 441.